The topological polar surface area (TPSA) is 70.7 Å². The van der Waals surface area contributed by atoms with Crippen molar-refractivity contribution in [1.82, 2.24) is 9.55 Å². The Morgan fingerprint density at radius 2 is 2.04 bits per heavy atom. The predicted octanol–water partition coefficient (Wildman–Crippen LogP) is 3.93. The molecule has 0 aliphatic rings. The number of rotatable bonds is 6. The summed E-state index contributed by atoms with van der Waals surface area (Å²) < 4.78 is 2.09. The number of aryl methyl sites for hydroxylation is 1. The molecule has 0 aliphatic heterocycles. The van der Waals surface area contributed by atoms with Crippen molar-refractivity contribution in [2.24, 2.45) is 0 Å². The number of nitrogens with zero attached hydrogens (tertiary/aromatic N) is 3. The highest BCUT2D eigenvalue weighted by molar-refractivity contribution is 5.95. The third kappa shape index (κ3) is 3.98. The zero-order chi connectivity index (χ0) is 18.5. The monoisotopic (exact) mass is 344 g/mol. The van der Waals surface area contributed by atoms with Gasteiger partial charge in [0.25, 0.3) is 0 Å². The second-order valence-corrected chi connectivity index (χ2v) is 6.20. The number of hydrogen-bond donors (Lipinski definition) is 1. The number of nitriles is 1. The van der Waals surface area contributed by atoms with E-state index in [1.807, 2.05) is 25.3 Å². The number of nitrogens with one attached hydrogen (secondary N) is 1. The summed E-state index contributed by atoms with van der Waals surface area (Å²) in [6, 6.07) is 15.5. The third-order valence-electron chi connectivity index (χ3n) is 4.30. The Hall–Kier alpha value is -3.39. The van der Waals surface area contributed by atoms with Crippen molar-refractivity contribution in [2.45, 2.75) is 26.9 Å². The Morgan fingerprint density at radius 1 is 1.23 bits per heavy atom. The summed E-state index contributed by atoms with van der Waals surface area (Å²) in [4.78, 5) is 15.8. The number of imidazole rings is 1. The van der Waals surface area contributed by atoms with E-state index in [4.69, 9.17) is 0 Å². The molecule has 3 aromatic rings. The number of hydrogen-bond acceptors (Lipinski definition) is 4. The van der Waals surface area contributed by atoms with Gasteiger partial charge < -0.3 is 9.88 Å². The van der Waals surface area contributed by atoms with Crippen molar-refractivity contribution in [1.29, 1.82) is 5.26 Å². The summed E-state index contributed by atoms with van der Waals surface area (Å²) in [7, 11) is 0. The molecule has 3 rings (SSSR count). The summed E-state index contributed by atoms with van der Waals surface area (Å²) in [6.45, 7) is 4.85. The van der Waals surface area contributed by atoms with Gasteiger partial charge in [0.15, 0.2) is 5.78 Å². The highest BCUT2D eigenvalue weighted by Crippen LogP contribution is 2.19. The largest absolute Gasteiger partial charge is 0.380 e. The van der Waals surface area contributed by atoms with Gasteiger partial charge in [-0.25, -0.2) is 4.98 Å². The van der Waals surface area contributed by atoms with Gasteiger partial charge in [0, 0.05) is 31.0 Å². The number of Topliss-reactive ketones (excluding diaryl/α,β-unsaturated/α-hetero) is 1. The van der Waals surface area contributed by atoms with E-state index in [1.54, 1.807) is 24.4 Å². The number of carbonyl (C=O) groups is 1. The van der Waals surface area contributed by atoms with Crippen molar-refractivity contribution in [3.63, 3.8) is 0 Å². The Kier molecular flexibility index (Phi) is 5.14. The minimum Gasteiger partial charge on any atom is -0.380 e. The van der Waals surface area contributed by atoms with Crippen LogP contribution in [0.15, 0.2) is 54.9 Å². The van der Waals surface area contributed by atoms with E-state index in [2.05, 4.69) is 33.1 Å². The van der Waals surface area contributed by atoms with Crippen LogP contribution in [-0.2, 0) is 13.1 Å². The summed E-state index contributed by atoms with van der Waals surface area (Å²) in [5.74, 6) is 0.962. The normalized spacial score (nSPS) is 10.3. The first kappa shape index (κ1) is 17.4. The summed E-state index contributed by atoms with van der Waals surface area (Å²) in [5, 5.41) is 12.6. The molecule has 2 aromatic carbocycles. The molecule has 0 saturated carbocycles. The van der Waals surface area contributed by atoms with Gasteiger partial charge in [-0.05, 0) is 43.2 Å². The minimum atomic E-state index is -0.0183. The highest BCUT2D eigenvalue weighted by atomic mass is 16.1. The van der Waals surface area contributed by atoms with Crippen molar-refractivity contribution in [3.05, 3.63) is 82.9 Å². The molecule has 130 valence electrons. The van der Waals surface area contributed by atoms with Crippen LogP contribution in [0.25, 0.3) is 0 Å². The van der Waals surface area contributed by atoms with E-state index in [9.17, 15) is 10.1 Å². The van der Waals surface area contributed by atoms with Crippen LogP contribution in [-0.4, -0.2) is 15.3 Å². The summed E-state index contributed by atoms with van der Waals surface area (Å²) in [6.07, 6.45) is 3.76. The van der Waals surface area contributed by atoms with E-state index >= 15 is 0 Å². The van der Waals surface area contributed by atoms with Gasteiger partial charge in [0.2, 0.25) is 0 Å². The van der Waals surface area contributed by atoms with E-state index < -0.39 is 0 Å². The Bertz CT molecular complexity index is 982. The van der Waals surface area contributed by atoms with Gasteiger partial charge in [-0.2, -0.15) is 5.26 Å². The Labute approximate surface area is 152 Å². The molecule has 1 heterocycles. The van der Waals surface area contributed by atoms with Crippen LogP contribution >= 0.6 is 0 Å². The molecule has 0 fully saturated rings. The lowest BCUT2D eigenvalue weighted by Gasteiger charge is -2.11. The maximum Gasteiger partial charge on any atom is 0.159 e. The number of benzene rings is 2. The molecule has 1 N–H and O–H groups in total. The standard InChI is InChI=1S/C21H20N4O/c1-15(26)19-6-7-20(12-22)21(11-19)24-13-17-4-3-5-18(10-17)14-25-9-8-23-16(25)2/h3-11,24H,13-14H2,1-2H3. The van der Waals surface area contributed by atoms with Crippen LogP contribution in [0.2, 0.25) is 0 Å². The molecule has 0 radical (unpaired) electrons. The van der Waals surface area contributed by atoms with Crippen LogP contribution in [0.5, 0.6) is 0 Å². The molecule has 0 aliphatic carbocycles. The SMILES string of the molecule is CC(=O)c1ccc(C#N)c(NCc2cccc(Cn3ccnc3C)c2)c1. The quantitative estimate of drug-likeness (QED) is 0.688. The molecule has 1 aromatic heterocycles. The maximum atomic E-state index is 11.6. The van der Waals surface area contributed by atoms with E-state index in [1.165, 1.54) is 12.5 Å². The summed E-state index contributed by atoms with van der Waals surface area (Å²) >= 11 is 0. The predicted molar refractivity (Wildman–Crippen MR) is 101 cm³/mol. The maximum absolute atomic E-state index is 11.6. The molecular weight excluding hydrogens is 324 g/mol. The average molecular weight is 344 g/mol. The lowest BCUT2D eigenvalue weighted by molar-refractivity contribution is 0.101. The molecule has 0 amide bonds. The number of anilines is 1. The minimum absolute atomic E-state index is 0.0183. The van der Waals surface area contributed by atoms with Crippen LogP contribution in [0.3, 0.4) is 0 Å². The fourth-order valence-electron chi connectivity index (χ4n) is 2.81. The van der Waals surface area contributed by atoms with Crippen molar-refractivity contribution >= 4 is 11.5 Å². The molecule has 0 spiro atoms. The lowest BCUT2D eigenvalue weighted by atomic mass is 10.1. The van der Waals surface area contributed by atoms with Crippen LogP contribution < -0.4 is 5.32 Å². The van der Waals surface area contributed by atoms with Crippen LogP contribution in [0.1, 0.15) is 39.8 Å². The van der Waals surface area contributed by atoms with Crippen LogP contribution in [0.4, 0.5) is 5.69 Å². The molecule has 26 heavy (non-hydrogen) atoms. The Morgan fingerprint density at radius 3 is 2.73 bits per heavy atom. The lowest BCUT2D eigenvalue weighted by Crippen LogP contribution is -2.05. The molecular formula is C21H20N4O. The average Bonchev–Trinajstić information content (AvgIpc) is 3.04. The molecule has 0 unspecified atom stereocenters. The van der Waals surface area contributed by atoms with E-state index in [0.29, 0.717) is 23.4 Å². The first-order valence-electron chi connectivity index (χ1n) is 8.41. The molecule has 0 bridgehead atoms. The molecule has 0 saturated heterocycles. The molecule has 5 nitrogen and oxygen atoms in total. The second-order valence-electron chi connectivity index (χ2n) is 6.20. The molecule has 0 atom stereocenters. The second kappa shape index (κ2) is 7.66. The van der Waals surface area contributed by atoms with Gasteiger partial charge in [0.05, 0.1) is 11.3 Å². The van der Waals surface area contributed by atoms with Gasteiger partial charge >= 0.3 is 0 Å². The van der Waals surface area contributed by atoms with Gasteiger partial charge in [-0.3, -0.25) is 4.79 Å². The van der Waals surface area contributed by atoms with Gasteiger partial charge in [-0.1, -0.05) is 24.3 Å². The fourth-order valence-corrected chi connectivity index (χ4v) is 2.81. The third-order valence-corrected chi connectivity index (χ3v) is 4.30. The van der Waals surface area contributed by atoms with E-state index in [-0.39, 0.29) is 5.78 Å². The van der Waals surface area contributed by atoms with Gasteiger partial charge in [0.1, 0.15) is 11.9 Å². The Balaban J connectivity index is 1.75. The van der Waals surface area contributed by atoms with Crippen molar-refractivity contribution < 1.29 is 4.79 Å². The first-order chi connectivity index (χ1) is 12.6. The number of carbonyl (C=O) groups excluding carboxylic acids is 1. The fraction of sp³-hybridized carbons (Fsp3) is 0.190. The smallest absolute Gasteiger partial charge is 0.159 e. The zero-order valence-electron chi connectivity index (χ0n) is 14.9. The van der Waals surface area contributed by atoms with Crippen molar-refractivity contribution in [2.75, 3.05) is 5.32 Å². The first-order valence-corrected chi connectivity index (χ1v) is 8.41. The van der Waals surface area contributed by atoms with Gasteiger partial charge in [-0.15, -0.1) is 0 Å². The summed E-state index contributed by atoms with van der Waals surface area (Å²) in [5.41, 5.74) is 4.09. The van der Waals surface area contributed by atoms with E-state index in [0.717, 1.165) is 17.9 Å². The number of ketones is 1. The zero-order valence-corrected chi connectivity index (χ0v) is 14.9. The highest BCUT2D eigenvalue weighted by Gasteiger charge is 2.07. The van der Waals surface area contributed by atoms with Crippen molar-refractivity contribution in [3.8, 4) is 6.07 Å². The number of aromatic nitrogens is 2. The molecule has 5 heteroatoms. The van der Waals surface area contributed by atoms with Crippen LogP contribution in [0, 0.1) is 18.3 Å².